The Hall–Kier alpha value is -1.43. The molecule has 98 valence electrons. The van der Waals surface area contributed by atoms with Gasteiger partial charge in [0.1, 0.15) is 0 Å². The molecule has 2 heterocycles. The first-order valence-electron chi connectivity index (χ1n) is 5.99. The van der Waals surface area contributed by atoms with Gasteiger partial charge in [0.15, 0.2) is 10.7 Å². The Morgan fingerprint density at radius 1 is 1.44 bits per heavy atom. The zero-order chi connectivity index (χ0) is 13.3. The fourth-order valence-corrected chi connectivity index (χ4v) is 2.91. The molecule has 18 heavy (non-hydrogen) atoms. The van der Waals surface area contributed by atoms with E-state index in [1.165, 1.54) is 5.38 Å². The molecule has 1 aromatic heterocycles. The average molecular weight is 268 g/mol. The highest BCUT2D eigenvalue weighted by atomic mass is 32.1. The van der Waals surface area contributed by atoms with E-state index in [0.717, 1.165) is 30.7 Å². The SMILES string of the molecule is CC1CCC(C)N(C(=O)c2nc(C(=O)O)cs2)C1. The van der Waals surface area contributed by atoms with Crippen molar-refractivity contribution < 1.29 is 14.7 Å². The van der Waals surface area contributed by atoms with Crippen molar-refractivity contribution in [2.45, 2.75) is 32.7 Å². The predicted molar refractivity (Wildman–Crippen MR) is 68.0 cm³/mol. The van der Waals surface area contributed by atoms with Gasteiger partial charge in [-0.25, -0.2) is 9.78 Å². The third-order valence-corrected chi connectivity index (χ3v) is 4.12. The lowest BCUT2D eigenvalue weighted by molar-refractivity contribution is 0.0573. The van der Waals surface area contributed by atoms with Crippen molar-refractivity contribution in [3.8, 4) is 0 Å². The molecule has 2 rings (SSSR count). The number of amides is 1. The van der Waals surface area contributed by atoms with E-state index < -0.39 is 5.97 Å². The monoisotopic (exact) mass is 268 g/mol. The lowest BCUT2D eigenvalue weighted by Gasteiger charge is -2.36. The molecule has 1 N–H and O–H groups in total. The van der Waals surface area contributed by atoms with Crippen molar-refractivity contribution in [1.82, 2.24) is 9.88 Å². The molecule has 0 bridgehead atoms. The van der Waals surface area contributed by atoms with Crippen LogP contribution in [0.15, 0.2) is 5.38 Å². The van der Waals surface area contributed by atoms with E-state index in [4.69, 9.17) is 5.11 Å². The van der Waals surface area contributed by atoms with E-state index in [0.29, 0.717) is 5.92 Å². The molecule has 5 nitrogen and oxygen atoms in total. The molecule has 0 aliphatic carbocycles. The van der Waals surface area contributed by atoms with E-state index in [-0.39, 0.29) is 22.7 Å². The van der Waals surface area contributed by atoms with Gasteiger partial charge >= 0.3 is 5.97 Å². The number of hydrogen-bond acceptors (Lipinski definition) is 4. The summed E-state index contributed by atoms with van der Waals surface area (Å²) in [4.78, 5) is 28.7. The number of aromatic carboxylic acids is 1. The highest BCUT2D eigenvalue weighted by molar-refractivity contribution is 7.11. The highest BCUT2D eigenvalue weighted by Gasteiger charge is 2.29. The maximum absolute atomic E-state index is 12.3. The number of carbonyl (C=O) groups is 2. The summed E-state index contributed by atoms with van der Waals surface area (Å²) >= 11 is 1.10. The van der Waals surface area contributed by atoms with E-state index in [2.05, 4.69) is 11.9 Å². The van der Waals surface area contributed by atoms with Gasteiger partial charge in [-0.1, -0.05) is 6.92 Å². The van der Waals surface area contributed by atoms with Crippen LogP contribution in [0.2, 0.25) is 0 Å². The third-order valence-electron chi connectivity index (χ3n) is 3.28. The maximum atomic E-state index is 12.3. The van der Waals surface area contributed by atoms with Gasteiger partial charge in [-0.05, 0) is 25.7 Å². The van der Waals surface area contributed by atoms with Gasteiger partial charge in [0, 0.05) is 18.0 Å². The summed E-state index contributed by atoms with van der Waals surface area (Å²) in [5, 5.41) is 10.5. The van der Waals surface area contributed by atoms with Crippen molar-refractivity contribution in [2.24, 2.45) is 5.92 Å². The van der Waals surface area contributed by atoms with Gasteiger partial charge in [0.2, 0.25) is 0 Å². The smallest absolute Gasteiger partial charge is 0.355 e. The Balaban J connectivity index is 2.16. The van der Waals surface area contributed by atoms with Crippen LogP contribution in [-0.2, 0) is 0 Å². The van der Waals surface area contributed by atoms with Gasteiger partial charge in [-0.15, -0.1) is 11.3 Å². The summed E-state index contributed by atoms with van der Waals surface area (Å²) < 4.78 is 0. The predicted octanol–water partition coefficient (Wildman–Crippen LogP) is 2.10. The molecular formula is C12H16N2O3S. The van der Waals surface area contributed by atoms with Crippen LogP contribution < -0.4 is 0 Å². The second-order valence-corrected chi connectivity index (χ2v) is 5.69. The van der Waals surface area contributed by atoms with E-state index in [1.807, 2.05) is 6.92 Å². The van der Waals surface area contributed by atoms with Crippen molar-refractivity contribution in [3.63, 3.8) is 0 Å². The largest absolute Gasteiger partial charge is 0.476 e. The van der Waals surface area contributed by atoms with E-state index in [1.54, 1.807) is 4.90 Å². The Bertz CT molecular complexity index is 472. The highest BCUT2D eigenvalue weighted by Crippen LogP contribution is 2.24. The number of piperidine rings is 1. The van der Waals surface area contributed by atoms with Gasteiger partial charge in [0.25, 0.3) is 5.91 Å². The molecule has 1 amide bonds. The van der Waals surface area contributed by atoms with Crippen molar-refractivity contribution in [1.29, 1.82) is 0 Å². The fraction of sp³-hybridized carbons (Fsp3) is 0.583. The number of hydrogen-bond donors (Lipinski definition) is 1. The quantitative estimate of drug-likeness (QED) is 0.891. The lowest BCUT2D eigenvalue weighted by atomic mass is 9.95. The van der Waals surface area contributed by atoms with E-state index in [9.17, 15) is 9.59 Å². The van der Waals surface area contributed by atoms with Crippen LogP contribution in [-0.4, -0.2) is 39.5 Å². The number of nitrogens with zero attached hydrogens (tertiary/aromatic N) is 2. The summed E-state index contributed by atoms with van der Waals surface area (Å²) in [7, 11) is 0. The van der Waals surface area contributed by atoms with Gasteiger partial charge in [-0.2, -0.15) is 0 Å². The molecule has 0 spiro atoms. The van der Waals surface area contributed by atoms with E-state index >= 15 is 0 Å². The van der Waals surface area contributed by atoms with Crippen LogP contribution in [0.1, 0.15) is 47.0 Å². The number of carboxylic acids is 1. The van der Waals surface area contributed by atoms with Crippen LogP contribution in [0.3, 0.4) is 0 Å². The molecule has 0 aromatic carbocycles. The number of rotatable bonds is 2. The van der Waals surface area contributed by atoms with Crippen LogP contribution in [0.25, 0.3) is 0 Å². The number of aromatic nitrogens is 1. The first-order valence-corrected chi connectivity index (χ1v) is 6.86. The van der Waals surface area contributed by atoms with Crippen LogP contribution in [0, 0.1) is 5.92 Å². The van der Waals surface area contributed by atoms with Crippen LogP contribution >= 0.6 is 11.3 Å². The van der Waals surface area contributed by atoms with Crippen molar-refractivity contribution >= 4 is 23.2 Å². The molecule has 0 saturated carbocycles. The van der Waals surface area contributed by atoms with Gasteiger partial charge in [0.05, 0.1) is 0 Å². The minimum Gasteiger partial charge on any atom is -0.476 e. The molecule has 2 unspecified atom stereocenters. The van der Waals surface area contributed by atoms with Crippen LogP contribution in [0.4, 0.5) is 0 Å². The number of thiazole rings is 1. The maximum Gasteiger partial charge on any atom is 0.355 e. The first-order chi connectivity index (χ1) is 8.49. The number of likely N-dealkylation sites (tertiary alicyclic amines) is 1. The Labute approximate surface area is 109 Å². The zero-order valence-corrected chi connectivity index (χ0v) is 11.2. The molecule has 0 radical (unpaired) electrons. The molecule has 2 atom stereocenters. The summed E-state index contributed by atoms with van der Waals surface area (Å²) in [5.41, 5.74) is -0.0546. The summed E-state index contributed by atoms with van der Waals surface area (Å²) in [5.74, 6) is -0.749. The molecule has 1 saturated heterocycles. The normalized spacial score (nSPS) is 24.0. The Morgan fingerprint density at radius 3 is 2.78 bits per heavy atom. The minimum atomic E-state index is -1.09. The topological polar surface area (TPSA) is 70.5 Å². The summed E-state index contributed by atoms with van der Waals surface area (Å²) in [6.45, 7) is 4.87. The first kappa shape index (κ1) is 13.0. The average Bonchev–Trinajstić information content (AvgIpc) is 2.81. The van der Waals surface area contributed by atoms with Crippen molar-refractivity contribution in [3.05, 3.63) is 16.1 Å². The van der Waals surface area contributed by atoms with Gasteiger partial charge in [-0.3, -0.25) is 4.79 Å². The number of carboxylic acid groups (broad SMARTS) is 1. The summed E-state index contributed by atoms with van der Waals surface area (Å²) in [6.07, 6.45) is 2.12. The Kier molecular flexibility index (Phi) is 3.65. The third kappa shape index (κ3) is 2.53. The van der Waals surface area contributed by atoms with Gasteiger partial charge < -0.3 is 10.0 Å². The Morgan fingerprint density at radius 2 is 2.17 bits per heavy atom. The fourth-order valence-electron chi connectivity index (χ4n) is 2.16. The second kappa shape index (κ2) is 5.06. The lowest BCUT2D eigenvalue weighted by Crippen LogP contribution is -2.44. The van der Waals surface area contributed by atoms with Crippen molar-refractivity contribution in [2.75, 3.05) is 6.54 Å². The molecule has 1 aromatic rings. The summed E-state index contributed by atoms with van der Waals surface area (Å²) in [6, 6.07) is 0.200. The second-order valence-electron chi connectivity index (χ2n) is 4.83. The molecule has 6 heteroatoms. The molecule has 1 aliphatic rings. The number of carbonyl (C=O) groups excluding carboxylic acids is 1. The standard InChI is InChI=1S/C12H16N2O3S/c1-7-3-4-8(2)14(5-7)11(15)10-13-9(6-18-10)12(16)17/h6-8H,3-5H2,1-2H3,(H,16,17). The minimum absolute atomic E-state index is 0.0546. The van der Waals surface area contributed by atoms with Crippen LogP contribution in [0.5, 0.6) is 0 Å². The molecular weight excluding hydrogens is 252 g/mol. The molecule has 1 fully saturated rings. The zero-order valence-electron chi connectivity index (χ0n) is 10.4. The molecule has 1 aliphatic heterocycles.